The first kappa shape index (κ1) is 23.1. The number of nitrogens with zero attached hydrogens (tertiary/aromatic N) is 6. The summed E-state index contributed by atoms with van der Waals surface area (Å²) in [5.74, 6) is 0.678. The highest BCUT2D eigenvalue weighted by Gasteiger charge is 2.28. The number of nitriles is 1. The van der Waals surface area contributed by atoms with Crippen molar-refractivity contribution in [3.05, 3.63) is 75.6 Å². The van der Waals surface area contributed by atoms with Gasteiger partial charge in [-0.05, 0) is 31.2 Å². The summed E-state index contributed by atoms with van der Waals surface area (Å²) in [7, 11) is 0. The van der Waals surface area contributed by atoms with E-state index in [0.717, 1.165) is 35.9 Å². The molecule has 1 fully saturated rings. The summed E-state index contributed by atoms with van der Waals surface area (Å²) in [5, 5.41) is 12.7. The van der Waals surface area contributed by atoms with Crippen LogP contribution in [0.15, 0.2) is 58.8 Å². The zero-order valence-corrected chi connectivity index (χ0v) is 20.2. The first-order valence-electron chi connectivity index (χ1n) is 11.6. The van der Waals surface area contributed by atoms with Crippen molar-refractivity contribution in [3.63, 3.8) is 0 Å². The van der Waals surface area contributed by atoms with Crippen molar-refractivity contribution in [2.45, 2.75) is 38.9 Å². The van der Waals surface area contributed by atoms with Crippen LogP contribution in [-0.4, -0.2) is 38.2 Å². The van der Waals surface area contributed by atoms with Crippen LogP contribution < -0.4 is 16.2 Å². The van der Waals surface area contributed by atoms with Crippen LogP contribution >= 0.6 is 11.6 Å². The van der Waals surface area contributed by atoms with Crippen molar-refractivity contribution >= 4 is 39.2 Å². The van der Waals surface area contributed by atoms with Crippen LogP contribution in [0.2, 0.25) is 0 Å². The summed E-state index contributed by atoms with van der Waals surface area (Å²) in [6.45, 7) is 3.78. The fourth-order valence-corrected chi connectivity index (χ4v) is 4.93. The Morgan fingerprint density at radius 3 is 2.91 bits per heavy atom. The zero-order valence-electron chi connectivity index (χ0n) is 19.5. The van der Waals surface area contributed by atoms with E-state index in [4.69, 9.17) is 17.3 Å². The average molecular weight is 488 g/mol. The highest BCUT2D eigenvalue weighted by atomic mass is 35.5. The third-order valence-electron chi connectivity index (χ3n) is 6.50. The molecule has 3 aromatic heterocycles. The highest BCUT2D eigenvalue weighted by Crippen LogP contribution is 2.32. The van der Waals surface area contributed by atoms with Gasteiger partial charge in [-0.15, -0.1) is 0 Å². The van der Waals surface area contributed by atoms with E-state index in [-0.39, 0.29) is 18.1 Å². The lowest BCUT2D eigenvalue weighted by atomic mass is 10.1. The molecule has 5 rings (SSSR count). The molecule has 0 amide bonds. The number of nitrogens with two attached hydrogens (primary N) is 1. The second kappa shape index (κ2) is 9.53. The standard InChI is InChI=1S/C26H26ClN7O/c1-17(27)9-12-34-24-23(21(13-28)25(34)32-11-4-6-19(29)14-32)31-16-33(26(24)35)15-22-20-7-3-2-5-18(20)8-10-30-22/h2-3,5,7-10,16,19H,4,6,11-12,14-15,29H2,1H3. The smallest absolute Gasteiger partial charge is 0.278 e. The maximum Gasteiger partial charge on any atom is 0.278 e. The molecule has 1 saturated heterocycles. The zero-order chi connectivity index (χ0) is 24.5. The van der Waals surface area contributed by atoms with Crippen LogP contribution in [0, 0.1) is 11.3 Å². The molecular formula is C26H26ClN7O. The molecule has 8 nitrogen and oxygen atoms in total. The minimum absolute atomic E-state index is 0.00844. The van der Waals surface area contributed by atoms with Crippen LogP contribution in [-0.2, 0) is 13.1 Å². The van der Waals surface area contributed by atoms with Crippen LogP contribution in [0.25, 0.3) is 21.8 Å². The normalized spacial score (nSPS) is 16.7. The Bertz CT molecular complexity index is 1540. The van der Waals surface area contributed by atoms with Crippen molar-refractivity contribution in [2.24, 2.45) is 5.73 Å². The number of hydrogen-bond donors (Lipinski definition) is 1. The van der Waals surface area contributed by atoms with Gasteiger partial charge in [-0.25, -0.2) is 4.98 Å². The summed E-state index contributed by atoms with van der Waals surface area (Å²) < 4.78 is 3.41. The lowest BCUT2D eigenvalue weighted by molar-refractivity contribution is 0.499. The van der Waals surface area contributed by atoms with E-state index in [1.54, 1.807) is 17.7 Å². The Labute approximate surface area is 207 Å². The Morgan fingerprint density at radius 1 is 1.31 bits per heavy atom. The summed E-state index contributed by atoms with van der Waals surface area (Å²) >= 11 is 6.16. The van der Waals surface area contributed by atoms with Gasteiger partial charge in [0, 0.05) is 42.3 Å². The lowest BCUT2D eigenvalue weighted by Gasteiger charge is -2.33. The second-order valence-corrected chi connectivity index (χ2v) is 9.51. The number of pyridine rings is 1. The molecule has 0 bridgehead atoms. The van der Waals surface area contributed by atoms with E-state index >= 15 is 0 Å². The minimum atomic E-state index is -0.227. The van der Waals surface area contributed by atoms with Gasteiger partial charge in [-0.2, -0.15) is 5.26 Å². The quantitative estimate of drug-likeness (QED) is 0.459. The third-order valence-corrected chi connectivity index (χ3v) is 6.65. The Hall–Kier alpha value is -3.67. The number of aromatic nitrogens is 4. The van der Waals surface area contributed by atoms with Gasteiger partial charge in [0.2, 0.25) is 0 Å². The van der Waals surface area contributed by atoms with Crippen LogP contribution in [0.3, 0.4) is 0 Å². The predicted octanol–water partition coefficient (Wildman–Crippen LogP) is 3.74. The van der Waals surface area contributed by atoms with E-state index in [2.05, 4.69) is 20.9 Å². The minimum Gasteiger partial charge on any atom is -0.355 e. The Morgan fingerprint density at radius 2 is 2.14 bits per heavy atom. The second-order valence-electron chi connectivity index (χ2n) is 8.91. The molecule has 9 heteroatoms. The number of benzene rings is 1. The number of allylic oxidation sites excluding steroid dienone is 2. The fourth-order valence-electron chi connectivity index (χ4n) is 4.86. The van der Waals surface area contributed by atoms with E-state index in [0.29, 0.717) is 40.5 Å². The van der Waals surface area contributed by atoms with Crippen LogP contribution in [0.5, 0.6) is 0 Å². The molecule has 1 atom stereocenters. The van der Waals surface area contributed by atoms with Gasteiger partial charge in [-0.3, -0.25) is 14.3 Å². The number of hydrogen-bond acceptors (Lipinski definition) is 6. The van der Waals surface area contributed by atoms with Gasteiger partial charge in [0.25, 0.3) is 5.56 Å². The molecule has 1 aliphatic heterocycles. The van der Waals surface area contributed by atoms with Crippen LogP contribution in [0.4, 0.5) is 5.82 Å². The predicted molar refractivity (Wildman–Crippen MR) is 139 cm³/mol. The van der Waals surface area contributed by atoms with Gasteiger partial charge < -0.3 is 15.2 Å². The molecule has 0 spiro atoms. The molecule has 4 heterocycles. The first-order valence-corrected chi connectivity index (χ1v) is 12.0. The Kier molecular flexibility index (Phi) is 6.29. The van der Waals surface area contributed by atoms with E-state index in [9.17, 15) is 10.1 Å². The molecule has 178 valence electrons. The van der Waals surface area contributed by atoms with Crippen molar-refractivity contribution < 1.29 is 0 Å². The maximum absolute atomic E-state index is 13.8. The molecule has 35 heavy (non-hydrogen) atoms. The van der Waals surface area contributed by atoms with Crippen molar-refractivity contribution in [1.29, 1.82) is 5.26 Å². The SMILES string of the molecule is CC(Cl)=CCn1c(N2CCCC(N)C2)c(C#N)c2ncn(Cc3nccc4ccccc34)c(=O)c21. The molecular weight excluding hydrogens is 462 g/mol. The van der Waals surface area contributed by atoms with Crippen molar-refractivity contribution in [2.75, 3.05) is 18.0 Å². The van der Waals surface area contributed by atoms with Crippen molar-refractivity contribution in [1.82, 2.24) is 19.1 Å². The number of halogens is 1. The molecule has 0 aliphatic carbocycles. The topological polar surface area (TPSA) is 106 Å². The molecule has 2 N–H and O–H groups in total. The monoisotopic (exact) mass is 487 g/mol. The van der Waals surface area contributed by atoms with E-state index in [1.807, 2.05) is 41.0 Å². The van der Waals surface area contributed by atoms with Gasteiger partial charge in [0.1, 0.15) is 28.5 Å². The first-order chi connectivity index (χ1) is 17.0. The average Bonchev–Trinajstić information content (AvgIpc) is 3.18. The van der Waals surface area contributed by atoms with Gasteiger partial charge in [-0.1, -0.05) is 41.9 Å². The summed E-state index contributed by atoms with van der Waals surface area (Å²) in [4.78, 5) is 25.1. The third kappa shape index (κ3) is 4.29. The van der Waals surface area contributed by atoms with E-state index < -0.39 is 0 Å². The molecule has 1 aliphatic rings. The molecule has 1 unspecified atom stereocenters. The molecule has 4 aromatic rings. The summed E-state index contributed by atoms with van der Waals surface area (Å²) in [5.41, 5.74) is 7.97. The highest BCUT2D eigenvalue weighted by molar-refractivity contribution is 6.29. The van der Waals surface area contributed by atoms with Gasteiger partial charge in [0.05, 0.1) is 18.6 Å². The molecule has 0 saturated carbocycles. The summed E-state index contributed by atoms with van der Waals surface area (Å²) in [6, 6.07) is 12.2. The number of fused-ring (bicyclic) bond motifs is 2. The van der Waals surface area contributed by atoms with Gasteiger partial charge in [0.15, 0.2) is 0 Å². The largest absolute Gasteiger partial charge is 0.355 e. The maximum atomic E-state index is 13.8. The molecule has 1 aromatic carbocycles. The number of rotatable bonds is 5. The number of anilines is 1. The van der Waals surface area contributed by atoms with Crippen LogP contribution in [0.1, 0.15) is 31.0 Å². The summed E-state index contributed by atoms with van der Waals surface area (Å²) in [6.07, 6.45) is 6.94. The Balaban J connectivity index is 1.70. The lowest BCUT2D eigenvalue weighted by Crippen LogP contribution is -2.44. The van der Waals surface area contributed by atoms with Crippen molar-refractivity contribution in [3.8, 4) is 6.07 Å². The fraction of sp³-hybridized carbons (Fsp3) is 0.308. The van der Waals surface area contributed by atoms with Gasteiger partial charge >= 0.3 is 0 Å². The number of piperidine rings is 1. The molecule has 0 radical (unpaired) electrons. The van der Waals surface area contributed by atoms with E-state index in [1.165, 1.54) is 6.33 Å².